The second-order valence-corrected chi connectivity index (χ2v) is 13.2. The number of rotatable bonds is 5. The summed E-state index contributed by atoms with van der Waals surface area (Å²) < 4.78 is 19.6. The molecule has 4 rings (SSSR count). The van der Waals surface area contributed by atoms with Gasteiger partial charge in [-0.15, -0.1) is 0 Å². The Morgan fingerprint density at radius 2 is 1.08 bits per heavy atom. The number of hydrogen-bond acceptors (Lipinski definition) is 4. The van der Waals surface area contributed by atoms with Gasteiger partial charge in [0.1, 0.15) is 0 Å². The van der Waals surface area contributed by atoms with E-state index in [0.717, 1.165) is 19.3 Å². The zero-order valence-corrected chi connectivity index (χ0v) is 14.9. The normalized spacial score (nSPS) is 13.0. The van der Waals surface area contributed by atoms with Gasteiger partial charge in [-0.2, -0.15) is 0 Å². The van der Waals surface area contributed by atoms with Crippen molar-refractivity contribution in [1.29, 1.82) is 0 Å². The SMILES string of the molecule is O[CH](c1ccccc1)[Ge]([c]1ccco1)([c]1ccco1)[c]1ccco1. The van der Waals surface area contributed by atoms with Crippen molar-refractivity contribution < 1.29 is 18.4 Å². The van der Waals surface area contributed by atoms with Gasteiger partial charge in [-0.3, -0.25) is 0 Å². The second-order valence-electron chi connectivity index (χ2n) is 5.55. The van der Waals surface area contributed by atoms with Crippen molar-refractivity contribution >= 4 is 27.0 Å². The van der Waals surface area contributed by atoms with Crippen LogP contribution in [0.3, 0.4) is 0 Å². The molecule has 5 heteroatoms. The van der Waals surface area contributed by atoms with Gasteiger partial charge in [0.15, 0.2) is 0 Å². The zero-order valence-electron chi connectivity index (χ0n) is 12.8. The molecule has 0 aliphatic carbocycles. The van der Waals surface area contributed by atoms with E-state index in [-0.39, 0.29) is 0 Å². The minimum atomic E-state index is -3.74. The predicted molar refractivity (Wildman–Crippen MR) is 92.2 cm³/mol. The Bertz CT molecular complexity index is 781. The molecule has 24 heavy (non-hydrogen) atoms. The van der Waals surface area contributed by atoms with Crippen LogP contribution in [-0.2, 0) is 0 Å². The van der Waals surface area contributed by atoms with Gasteiger partial charge in [0.25, 0.3) is 0 Å². The molecule has 4 nitrogen and oxygen atoms in total. The van der Waals surface area contributed by atoms with Gasteiger partial charge >= 0.3 is 141 Å². The summed E-state index contributed by atoms with van der Waals surface area (Å²) in [6.07, 6.45) is 4.87. The summed E-state index contributed by atoms with van der Waals surface area (Å²) in [5.41, 5.74) is 0.821. The van der Waals surface area contributed by atoms with E-state index in [4.69, 9.17) is 13.3 Å². The van der Waals surface area contributed by atoms with Crippen molar-refractivity contribution in [3.8, 4) is 0 Å². The van der Waals surface area contributed by atoms with Crippen molar-refractivity contribution in [3.63, 3.8) is 0 Å². The van der Waals surface area contributed by atoms with Crippen LogP contribution in [0.25, 0.3) is 0 Å². The van der Waals surface area contributed by atoms with Crippen molar-refractivity contribution in [2.75, 3.05) is 0 Å². The molecular weight excluding hydrogens is 365 g/mol. The Hall–Kier alpha value is -2.44. The first-order valence-electron chi connectivity index (χ1n) is 7.68. The van der Waals surface area contributed by atoms with Crippen molar-refractivity contribution in [2.45, 2.75) is 4.94 Å². The molecule has 0 aliphatic heterocycles. The Balaban J connectivity index is 2.02. The number of furan rings is 3. The molecule has 3 aromatic heterocycles. The van der Waals surface area contributed by atoms with Gasteiger partial charge in [-0.05, 0) is 0 Å². The van der Waals surface area contributed by atoms with E-state index in [9.17, 15) is 5.11 Å². The van der Waals surface area contributed by atoms with Crippen LogP contribution in [0.15, 0.2) is 98.8 Å². The van der Waals surface area contributed by atoms with Crippen molar-refractivity contribution in [2.24, 2.45) is 0 Å². The standard InChI is InChI=1S/C19H16GeO4/c21-19(15-7-2-1-3-8-15)20(16-9-4-12-22-16,17-10-5-13-23-17)18-11-6-14-24-18/h1-14,19,21H. The van der Waals surface area contributed by atoms with E-state index in [2.05, 4.69) is 0 Å². The van der Waals surface area contributed by atoms with E-state index in [1.54, 1.807) is 18.8 Å². The number of hydrogen-bond donors (Lipinski definition) is 1. The maximum absolute atomic E-state index is 11.4. The first-order chi connectivity index (χ1) is 11.8. The van der Waals surface area contributed by atoms with Crippen LogP contribution in [0.1, 0.15) is 10.5 Å². The van der Waals surface area contributed by atoms with E-state index >= 15 is 0 Å². The van der Waals surface area contributed by atoms with Gasteiger partial charge in [0.05, 0.1) is 0 Å². The summed E-state index contributed by atoms with van der Waals surface area (Å²) in [6, 6.07) is 20.8. The molecule has 0 fully saturated rings. The molecule has 0 bridgehead atoms. The molecule has 1 unspecified atom stereocenters. The Morgan fingerprint density at radius 3 is 1.46 bits per heavy atom. The van der Waals surface area contributed by atoms with Crippen LogP contribution >= 0.6 is 0 Å². The van der Waals surface area contributed by atoms with Gasteiger partial charge in [-0.1, -0.05) is 0 Å². The topological polar surface area (TPSA) is 59.7 Å². The fourth-order valence-electron chi connectivity index (χ4n) is 3.16. The number of benzene rings is 1. The van der Waals surface area contributed by atoms with E-state index in [1.807, 2.05) is 66.7 Å². The van der Waals surface area contributed by atoms with Gasteiger partial charge in [0, 0.05) is 0 Å². The average Bonchev–Trinajstić information content (AvgIpc) is 3.40. The second kappa shape index (κ2) is 6.22. The maximum atomic E-state index is 11.4. The van der Waals surface area contributed by atoms with Crippen LogP contribution in [-0.4, -0.2) is 18.4 Å². The Kier molecular flexibility index (Phi) is 3.92. The van der Waals surface area contributed by atoms with Crippen LogP contribution in [0, 0.1) is 0 Å². The van der Waals surface area contributed by atoms with Crippen LogP contribution in [0.2, 0.25) is 0 Å². The third-order valence-corrected chi connectivity index (χ3v) is 13.4. The van der Waals surface area contributed by atoms with E-state index in [0.29, 0.717) is 0 Å². The summed E-state index contributed by atoms with van der Waals surface area (Å²) in [5.74, 6) is 0. The van der Waals surface area contributed by atoms with Gasteiger partial charge < -0.3 is 0 Å². The van der Waals surface area contributed by atoms with Crippen LogP contribution < -0.4 is 13.8 Å². The summed E-state index contributed by atoms with van der Waals surface area (Å²) in [5, 5.41) is 11.4. The molecule has 4 aromatic rings. The van der Waals surface area contributed by atoms with Crippen LogP contribution in [0.4, 0.5) is 0 Å². The predicted octanol–water partition coefficient (Wildman–Crippen LogP) is 2.21. The molecule has 0 spiro atoms. The minimum absolute atomic E-state index is 0.733. The number of aliphatic hydroxyl groups excluding tert-OH is 1. The summed E-state index contributed by atoms with van der Waals surface area (Å²) in [7, 11) is 0. The first-order valence-corrected chi connectivity index (χ1v) is 12.0. The Labute approximate surface area is 141 Å². The van der Waals surface area contributed by atoms with Crippen LogP contribution in [0.5, 0.6) is 0 Å². The molecule has 1 aromatic carbocycles. The summed E-state index contributed by atoms with van der Waals surface area (Å²) in [6.45, 7) is 0. The summed E-state index contributed by atoms with van der Waals surface area (Å²) >= 11 is -3.74. The number of aliphatic hydroxyl groups is 1. The Morgan fingerprint density at radius 1 is 0.625 bits per heavy atom. The molecule has 0 saturated carbocycles. The quantitative estimate of drug-likeness (QED) is 0.539. The molecular formula is C19H16GeO4. The van der Waals surface area contributed by atoms with E-state index in [1.165, 1.54) is 0 Å². The molecule has 120 valence electrons. The fraction of sp³-hybridized carbons (Fsp3) is 0.0526. The van der Waals surface area contributed by atoms with E-state index < -0.39 is 18.2 Å². The summed E-state index contributed by atoms with van der Waals surface area (Å²) in [4.78, 5) is -0.769. The molecule has 0 aliphatic rings. The molecule has 0 saturated heterocycles. The van der Waals surface area contributed by atoms with Gasteiger partial charge in [-0.25, -0.2) is 0 Å². The molecule has 3 heterocycles. The molecule has 1 N–H and O–H groups in total. The third kappa shape index (κ3) is 2.26. The third-order valence-electron chi connectivity index (χ3n) is 4.25. The average molecular weight is 381 g/mol. The molecule has 1 atom stereocenters. The monoisotopic (exact) mass is 382 g/mol. The van der Waals surface area contributed by atoms with Gasteiger partial charge in [0.2, 0.25) is 0 Å². The van der Waals surface area contributed by atoms with Crippen molar-refractivity contribution in [3.05, 3.63) is 91.1 Å². The first kappa shape index (κ1) is 15.1. The van der Waals surface area contributed by atoms with Crippen molar-refractivity contribution in [1.82, 2.24) is 0 Å². The molecule has 0 radical (unpaired) electrons. The fourth-order valence-corrected chi connectivity index (χ4v) is 11.7. The molecule has 0 amide bonds. The zero-order chi connectivity index (χ0) is 16.4.